The molecule has 1 saturated heterocycles. The number of aryl methyl sites for hydroxylation is 1. The lowest BCUT2D eigenvalue weighted by molar-refractivity contribution is 0.414. The second-order valence-electron chi connectivity index (χ2n) is 5.74. The lowest BCUT2D eigenvalue weighted by atomic mass is 10.0. The maximum atomic E-state index is 4.47. The Morgan fingerprint density at radius 1 is 1.11 bits per heavy atom. The Labute approximate surface area is 115 Å². The molecule has 4 heteroatoms. The average molecular weight is 260 g/mol. The van der Waals surface area contributed by atoms with Gasteiger partial charge in [-0.2, -0.15) is 0 Å². The van der Waals surface area contributed by atoms with E-state index in [2.05, 4.69) is 20.6 Å². The standard InChI is InChI=1S/C15H24N4/c1-2-7-13-14(8-3-1)18-11-19-15(13)17-10-12-6-4-5-9-16-12/h11-12,16H,1-10H2,(H,17,18,19). The number of fused-ring (bicyclic) bond motifs is 1. The highest BCUT2D eigenvalue weighted by Gasteiger charge is 2.16. The summed E-state index contributed by atoms with van der Waals surface area (Å²) >= 11 is 0. The first kappa shape index (κ1) is 12.9. The Hall–Kier alpha value is -1.16. The van der Waals surface area contributed by atoms with Gasteiger partial charge in [0.05, 0.1) is 0 Å². The monoisotopic (exact) mass is 260 g/mol. The Morgan fingerprint density at radius 3 is 2.95 bits per heavy atom. The molecule has 4 nitrogen and oxygen atoms in total. The van der Waals surface area contributed by atoms with Crippen LogP contribution in [0.25, 0.3) is 0 Å². The van der Waals surface area contributed by atoms with E-state index in [4.69, 9.17) is 0 Å². The zero-order chi connectivity index (χ0) is 12.9. The average Bonchev–Trinajstić information content (AvgIpc) is 2.72. The van der Waals surface area contributed by atoms with Crippen LogP contribution in [0.3, 0.4) is 0 Å². The highest BCUT2D eigenvalue weighted by atomic mass is 15.1. The van der Waals surface area contributed by atoms with E-state index in [1.54, 1.807) is 6.33 Å². The van der Waals surface area contributed by atoms with Crippen LogP contribution < -0.4 is 10.6 Å². The third-order valence-electron chi connectivity index (χ3n) is 4.30. The van der Waals surface area contributed by atoms with Crippen LogP contribution in [-0.4, -0.2) is 29.1 Å². The SMILES string of the molecule is c1nc2c(c(NCC3CCCCN3)n1)CCCCC2. The van der Waals surface area contributed by atoms with Gasteiger partial charge in [-0.25, -0.2) is 9.97 Å². The van der Waals surface area contributed by atoms with Gasteiger partial charge in [0, 0.05) is 23.8 Å². The van der Waals surface area contributed by atoms with Gasteiger partial charge in [-0.1, -0.05) is 12.8 Å². The van der Waals surface area contributed by atoms with Crippen molar-refractivity contribution in [3.8, 4) is 0 Å². The van der Waals surface area contributed by atoms with E-state index < -0.39 is 0 Å². The smallest absolute Gasteiger partial charge is 0.132 e. The minimum absolute atomic E-state index is 0.602. The molecule has 2 aliphatic rings. The highest BCUT2D eigenvalue weighted by Crippen LogP contribution is 2.23. The summed E-state index contributed by atoms with van der Waals surface area (Å²) in [5, 5.41) is 7.13. The summed E-state index contributed by atoms with van der Waals surface area (Å²) in [7, 11) is 0. The van der Waals surface area contributed by atoms with Crippen molar-refractivity contribution in [2.45, 2.75) is 57.4 Å². The molecule has 1 fully saturated rings. The van der Waals surface area contributed by atoms with Gasteiger partial charge in [0.2, 0.25) is 0 Å². The quantitative estimate of drug-likeness (QED) is 0.819. The number of rotatable bonds is 3. The molecule has 3 rings (SSSR count). The van der Waals surface area contributed by atoms with Crippen molar-refractivity contribution in [1.29, 1.82) is 0 Å². The Bertz CT molecular complexity index is 413. The molecule has 1 aliphatic heterocycles. The molecule has 1 aliphatic carbocycles. The first-order chi connectivity index (χ1) is 9.43. The molecule has 1 aromatic heterocycles. The van der Waals surface area contributed by atoms with Gasteiger partial charge < -0.3 is 10.6 Å². The summed E-state index contributed by atoms with van der Waals surface area (Å²) < 4.78 is 0. The maximum Gasteiger partial charge on any atom is 0.132 e. The number of piperidine rings is 1. The summed E-state index contributed by atoms with van der Waals surface area (Å²) in [6.07, 6.45) is 11.8. The molecule has 2 heterocycles. The molecule has 0 amide bonds. The van der Waals surface area contributed by atoms with Gasteiger partial charge in [0.15, 0.2) is 0 Å². The summed E-state index contributed by atoms with van der Waals surface area (Å²) in [6.45, 7) is 2.15. The second-order valence-corrected chi connectivity index (χ2v) is 5.74. The van der Waals surface area contributed by atoms with Crippen LogP contribution in [0.1, 0.15) is 49.8 Å². The van der Waals surface area contributed by atoms with Gasteiger partial charge in [0.25, 0.3) is 0 Å². The van der Waals surface area contributed by atoms with Crippen LogP contribution in [0.2, 0.25) is 0 Å². The van der Waals surface area contributed by atoms with E-state index in [-0.39, 0.29) is 0 Å². The molecular weight excluding hydrogens is 236 g/mol. The molecule has 0 radical (unpaired) electrons. The van der Waals surface area contributed by atoms with Crippen LogP contribution in [0.4, 0.5) is 5.82 Å². The predicted octanol–water partition coefficient (Wildman–Crippen LogP) is 2.30. The highest BCUT2D eigenvalue weighted by molar-refractivity contribution is 5.46. The van der Waals surface area contributed by atoms with E-state index in [1.807, 2.05) is 0 Å². The first-order valence-electron chi connectivity index (χ1n) is 7.73. The number of nitrogens with zero attached hydrogens (tertiary/aromatic N) is 2. The van der Waals surface area contributed by atoms with Crippen LogP contribution in [-0.2, 0) is 12.8 Å². The van der Waals surface area contributed by atoms with E-state index in [0.29, 0.717) is 6.04 Å². The Balaban J connectivity index is 1.66. The summed E-state index contributed by atoms with van der Waals surface area (Å²) in [5.41, 5.74) is 2.64. The van der Waals surface area contributed by atoms with Crippen molar-refractivity contribution in [3.05, 3.63) is 17.6 Å². The number of anilines is 1. The summed E-state index contributed by atoms with van der Waals surface area (Å²) in [4.78, 5) is 8.94. The van der Waals surface area contributed by atoms with Gasteiger partial charge in [-0.3, -0.25) is 0 Å². The van der Waals surface area contributed by atoms with Gasteiger partial charge >= 0.3 is 0 Å². The largest absolute Gasteiger partial charge is 0.368 e. The van der Waals surface area contributed by atoms with Crippen molar-refractivity contribution < 1.29 is 0 Å². The topological polar surface area (TPSA) is 49.8 Å². The van der Waals surface area contributed by atoms with E-state index in [0.717, 1.165) is 31.7 Å². The van der Waals surface area contributed by atoms with Gasteiger partial charge in [0.1, 0.15) is 12.1 Å². The molecule has 0 spiro atoms. The molecule has 1 aromatic rings. The van der Waals surface area contributed by atoms with Gasteiger partial charge in [-0.15, -0.1) is 0 Å². The normalized spacial score (nSPS) is 23.5. The zero-order valence-electron chi connectivity index (χ0n) is 11.6. The number of hydrogen-bond acceptors (Lipinski definition) is 4. The Kier molecular flexibility index (Phi) is 4.28. The van der Waals surface area contributed by atoms with Crippen molar-refractivity contribution in [2.24, 2.45) is 0 Å². The van der Waals surface area contributed by atoms with E-state index >= 15 is 0 Å². The first-order valence-corrected chi connectivity index (χ1v) is 7.73. The van der Waals surface area contributed by atoms with Crippen molar-refractivity contribution in [1.82, 2.24) is 15.3 Å². The zero-order valence-corrected chi connectivity index (χ0v) is 11.6. The van der Waals surface area contributed by atoms with Crippen LogP contribution in [0.5, 0.6) is 0 Å². The van der Waals surface area contributed by atoms with Crippen molar-refractivity contribution >= 4 is 5.82 Å². The van der Waals surface area contributed by atoms with Crippen LogP contribution >= 0.6 is 0 Å². The third-order valence-corrected chi connectivity index (χ3v) is 4.30. The lowest BCUT2D eigenvalue weighted by Crippen LogP contribution is -2.39. The van der Waals surface area contributed by atoms with Gasteiger partial charge in [-0.05, 0) is 45.1 Å². The second kappa shape index (κ2) is 6.33. The van der Waals surface area contributed by atoms with E-state index in [1.165, 1.54) is 49.8 Å². The minimum Gasteiger partial charge on any atom is -0.368 e. The molecule has 19 heavy (non-hydrogen) atoms. The van der Waals surface area contributed by atoms with E-state index in [9.17, 15) is 0 Å². The lowest BCUT2D eigenvalue weighted by Gasteiger charge is -2.24. The summed E-state index contributed by atoms with van der Waals surface area (Å²) in [6, 6.07) is 0.602. The molecule has 0 aromatic carbocycles. The number of nitrogens with one attached hydrogen (secondary N) is 2. The fraction of sp³-hybridized carbons (Fsp3) is 0.733. The van der Waals surface area contributed by atoms with Crippen LogP contribution in [0, 0.1) is 0 Å². The number of aromatic nitrogens is 2. The molecule has 104 valence electrons. The molecule has 2 N–H and O–H groups in total. The molecule has 1 unspecified atom stereocenters. The molecule has 1 atom stereocenters. The maximum absolute atomic E-state index is 4.47. The van der Waals surface area contributed by atoms with Crippen LogP contribution in [0.15, 0.2) is 6.33 Å². The number of hydrogen-bond donors (Lipinski definition) is 2. The van der Waals surface area contributed by atoms with Crippen molar-refractivity contribution in [2.75, 3.05) is 18.4 Å². The Morgan fingerprint density at radius 2 is 2.05 bits per heavy atom. The molecular formula is C15H24N4. The third kappa shape index (κ3) is 3.24. The van der Waals surface area contributed by atoms with Crippen molar-refractivity contribution in [3.63, 3.8) is 0 Å². The fourth-order valence-electron chi connectivity index (χ4n) is 3.17. The fourth-order valence-corrected chi connectivity index (χ4v) is 3.17. The predicted molar refractivity (Wildman–Crippen MR) is 77.4 cm³/mol. The minimum atomic E-state index is 0.602. The molecule has 0 bridgehead atoms. The summed E-state index contributed by atoms with van der Waals surface area (Å²) in [5.74, 6) is 1.08. The molecule has 0 saturated carbocycles.